The molecule has 84 valence electrons. The summed E-state index contributed by atoms with van der Waals surface area (Å²) in [6.07, 6.45) is 5.81. The van der Waals surface area contributed by atoms with Gasteiger partial charge in [0.25, 0.3) is 5.91 Å². The smallest absolute Gasteiger partial charge is 0.288 e. The number of hydrogen-bond acceptors (Lipinski definition) is 3. The molecule has 2 aromatic rings. The maximum absolute atomic E-state index is 10.8. The lowest BCUT2D eigenvalue weighted by Crippen LogP contribution is -2.12. The molecule has 1 aromatic heterocycles. The molecule has 17 heavy (non-hydrogen) atoms. The fourth-order valence-corrected chi connectivity index (χ4v) is 1.40. The van der Waals surface area contributed by atoms with Crippen molar-refractivity contribution in [1.29, 1.82) is 0 Å². The molecule has 5 nitrogen and oxygen atoms in total. The molecule has 0 spiro atoms. The third-order valence-electron chi connectivity index (χ3n) is 2.24. The van der Waals surface area contributed by atoms with E-state index in [2.05, 4.69) is 21.1 Å². The average molecular weight is 226 g/mol. The van der Waals surface area contributed by atoms with Crippen LogP contribution >= 0.6 is 0 Å². The van der Waals surface area contributed by atoms with Crippen molar-refractivity contribution >= 4 is 5.91 Å². The number of terminal acetylenes is 1. The Morgan fingerprint density at radius 2 is 2.12 bits per heavy atom. The van der Waals surface area contributed by atoms with Gasteiger partial charge in [0, 0.05) is 12.0 Å². The van der Waals surface area contributed by atoms with Crippen LogP contribution in [0.1, 0.15) is 27.6 Å². The van der Waals surface area contributed by atoms with E-state index in [0.29, 0.717) is 12.2 Å². The Morgan fingerprint density at radius 3 is 2.65 bits per heavy atom. The van der Waals surface area contributed by atoms with E-state index < -0.39 is 5.91 Å². The normalized spacial score (nSPS) is 9.82. The van der Waals surface area contributed by atoms with Crippen molar-refractivity contribution in [3.63, 3.8) is 0 Å². The first-order valence-electron chi connectivity index (χ1n) is 4.95. The van der Waals surface area contributed by atoms with Crippen molar-refractivity contribution in [1.82, 2.24) is 15.2 Å². The number of carbonyl (C=O) groups excluding carboxylic acids is 1. The monoisotopic (exact) mass is 226 g/mol. The van der Waals surface area contributed by atoms with Gasteiger partial charge in [-0.25, -0.2) is 4.98 Å². The highest BCUT2D eigenvalue weighted by Gasteiger charge is 2.08. The van der Waals surface area contributed by atoms with E-state index in [4.69, 9.17) is 12.2 Å². The molecule has 0 saturated heterocycles. The molecule has 0 radical (unpaired) electrons. The number of aromatic amines is 1. The van der Waals surface area contributed by atoms with Gasteiger partial charge in [0.1, 0.15) is 5.82 Å². The predicted molar refractivity (Wildman–Crippen MR) is 62.1 cm³/mol. The Morgan fingerprint density at radius 1 is 1.41 bits per heavy atom. The summed E-state index contributed by atoms with van der Waals surface area (Å²) < 4.78 is 0. The number of aromatic nitrogens is 3. The Labute approximate surface area is 98.1 Å². The molecule has 0 saturated carbocycles. The van der Waals surface area contributed by atoms with E-state index in [1.54, 1.807) is 0 Å². The van der Waals surface area contributed by atoms with Crippen LogP contribution < -0.4 is 5.73 Å². The minimum atomic E-state index is -0.643. The van der Waals surface area contributed by atoms with E-state index in [0.717, 1.165) is 11.1 Å². The minimum absolute atomic E-state index is 0.000227. The summed E-state index contributed by atoms with van der Waals surface area (Å²) in [5, 5.41) is 6.36. The van der Waals surface area contributed by atoms with Gasteiger partial charge in [-0.2, -0.15) is 0 Å². The lowest BCUT2D eigenvalue weighted by Gasteiger charge is -1.97. The summed E-state index contributed by atoms with van der Waals surface area (Å²) >= 11 is 0. The highest BCUT2D eigenvalue weighted by molar-refractivity contribution is 5.88. The molecule has 0 bridgehead atoms. The van der Waals surface area contributed by atoms with Crippen molar-refractivity contribution in [2.24, 2.45) is 5.73 Å². The number of amides is 1. The fraction of sp³-hybridized carbons (Fsp3) is 0.0833. The van der Waals surface area contributed by atoms with Crippen molar-refractivity contribution in [3.05, 3.63) is 47.0 Å². The third-order valence-corrected chi connectivity index (χ3v) is 2.24. The molecule has 1 heterocycles. The number of hydrogen-bond donors (Lipinski definition) is 2. The number of nitrogens with one attached hydrogen (secondary N) is 1. The van der Waals surface area contributed by atoms with Crippen LogP contribution in [0.5, 0.6) is 0 Å². The second-order valence-electron chi connectivity index (χ2n) is 3.49. The summed E-state index contributed by atoms with van der Waals surface area (Å²) in [7, 11) is 0. The SMILES string of the molecule is C#Cc1ccc(Cc2nc(C(N)=O)n[nH]2)cc1. The van der Waals surface area contributed by atoms with Crippen LogP contribution in [0.3, 0.4) is 0 Å². The van der Waals surface area contributed by atoms with Crippen molar-refractivity contribution in [3.8, 4) is 12.3 Å². The zero-order valence-corrected chi connectivity index (χ0v) is 8.97. The van der Waals surface area contributed by atoms with Crippen LogP contribution in [0, 0.1) is 12.3 Å². The van der Waals surface area contributed by atoms with Gasteiger partial charge in [-0.05, 0) is 17.7 Å². The van der Waals surface area contributed by atoms with Gasteiger partial charge in [0.05, 0.1) is 0 Å². The van der Waals surface area contributed by atoms with E-state index in [1.807, 2.05) is 24.3 Å². The largest absolute Gasteiger partial charge is 0.363 e. The summed E-state index contributed by atoms with van der Waals surface area (Å²) in [6, 6.07) is 7.50. The predicted octanol–water partition coefficient (Wildman–Crippen LogP) is 0.476. The fourth-order valence-electron chi connectivity index (χ4n) is 1.40. The topological polar surface area (TPSA) is 84.7 Å². The average Bonchev–Trinajstić information content (AvgIpc) is 2.79. The quantitative estimate of drug-likeness (QED) is 0.746. The number of nitrogens with two attached hydrogens (primary N) is 1. The second-order valence-corrected chi connectivity index (χ2v) is 3.49. The van der Waals surface area contributed by atoms with Crippen molar-refractivity contribution in [2.75, 3.05) is 0 Å². The van der Waals surface area contributed by atoms with Gasteiger partial charge in [-0.3, -0.25) is 9.89 Å². The molecular weight excluding hydrogens is 216 g/mol. The molecular formula is C12H10N4O. The van der Waals surface area contributed by atoms with Crippen LogP contribution in [0.2, 0.25) is 0 Å². The summed E-state index contributed by atoms with van der Waals surface area (Å²) in [6.45, 7) is 0. The van der Waals surface area contributed by atoms with Crippen molar-refractivity contribution < 1.29 is 4.79 Å². The molecule has 1 aromatic carbocycles. The highest BCUT2D eigenvalue weighted by Crippen LogP contribution is 2.07. The van der Waals surface area contributed by atoms with Gasteiger partial charge in [0.15, 0.2) is 0 Å². The first-order valence-corrected chi connectivity index (χ1v) is 4.95. The summed E-state index contributed by atoms with van der Waals surface area (Å²) in [5.41, 5.74) is 6.90. The molecule has 0 atom stereocenters. The number of rotatable bonds is 3. The maximum atomic E-state index is 10.8. The minimum Gasteiger partial charge on any atom is -0.363 e. The molecule has 0 fully saturated rings. The zero-order chi connectivity index (χ0) is 12.3. The van der Waals surface area contributed by atoms with Gasteiger partial charge >= 0.3 is 0 Å². The Bertz CT molecular complexity index is 577. The third kappa shape index (κ3) is 2.49. The molecule has 0 unspecified atom stereocenters. The van der Waals surface area contributed by atoms with E-state index in [9.17, 15) is 4.79 Å². The second kappa shape index (κ2) is 4.49. The van der Waals surface area contributed by atoms with E-state index >= 15 is 0 Å². The first-order chi connectivity index (χ1) is 8.19. The Hall–Kier alpha value is -2.61. The first kappa shape index (κ1) is 10.9. The molecule has 3 N–H and O–H groups in total. The highest BCUT2D eigenvalue weighted by atomic mass is 16.1. The summed E-state index contributed by atoms with van der Waals surface area (Å²) in [4.78, 5) is 14.8. The lowest BCUT2D eigenvalue weighted by atomic mass is 10.1. The standard InChI is InChI=1S/C12H10N4O/c1-2-8-3-5-9(6-4-8)7-10-14-12(11(13)17)16-15-10/h1,3-6H,7H2,(H2,13,17)(H,14,15,16). The lowest BCUT2D eigenvalue weighted by molar-refractivity contribution is 0.0991. The molecule has 1 amide bonds. The maximum Gasteiger partial charge on any atom is 0.288 e. The van der Waals surface area contributed by atoms with Crippen molar-refractivity contribution in [2.45, 2.75) is 6.42 Å². The molecule has 0 aliphatic heterocycles. The Kier molecular flexibility index (Phi) is 2.88. The molecule has 0 aliphatic carbocycles. The van der Waals surface area contributed by atoms with Gasteiger partial charge in [-0.15, -0.1) is 11.5 Å². The Balaban J connectivity index is 2.14. The van der Waals surface area contributed by atoms with Gasteiger partial charge < -0.3 is 5.73 Å². The molecule has 2 rings (SSSR count). The van der Waals surface area contributed by atoms with E-state index in [1.165, 1.54) is 0 Å². The van der Waals surface area contributed by atoms with Crippen LogP contribution in [0.4, 0.5) is 0 Å². The van der Waals surface area contributed by atoms with E-state index in [-0.39, 0.29) is 5.82 Å². The van der Waals surface area contributed by atoms with Gasteiger partial charge in [0.2, 0.25) is 5.82 Å². The van der Waals surface area contributed by atoms with Crippen LogP contribution in [-0.2, 0) is 6.42 Å². The van der Waals surface area contributed by atoms with Crippen LogP contribution in [0.15, 0.2) is 24.3 Å². The number of nitrogens with zero attached hydrogens (tertiary/aromatic N) is 2. The molecule has 0 aliphatic rings. The van der Waals surface area contributed by atoms with Gasteiger partial charge in [-0.1, -0.05) is 18.1 Å². The number of benzene rings is 1. The molecule has 5 heteroatoms. The van der Waals surface area contributed by atoms with Crippen LogP contribution in [0.25, 0.3) is 0 Å². The zero-order valence-electron chi connectivity index (χ0n) is 8.97. The number of H-pyrrole nitrogens is 1. The number of primary amides is 1. The summed E-state index contributed by atoms with van der Waals surface area (Å²) in [5.74, 6) is 2.49. The van der Waals surface area contributed by atoms with Crippen LogP contribution in [-0.4, -0.2) is 21.1 Å². The number of carbonyl (C=O) groups is 1.